The molecule has 0 atom stereocenters. The van der Waals surface area contributed by atoms with Crippen LogP contribution in [-0.4, -0.2) is 16.1 Å². The maximum atomic E-state index is 12.8. The Morgan fingerprint density at radius 2 is 2.29 bits per heavy atom. The van der Waals surface area contributed by atoms with Crippen molar-refractivity contribution in [2.75, 3.05) is 11.1 Å². The molecule has 0 saturated heterocycles. The quantitative estimate of drug-likeness (QED) is 0.691. The van der Waals surface area contributed by atoms with E-state index in [0.29, 0.717) is 5.82 Å². The summed E-state index contributed by atoms with van der Waals surface area (Å²) in [7, 11) is 0. The fraction of sp³-hybridized carbons (Fsp3) is 0.0909. The van der Waals surface area contributed by atoms with Crippen LogP contribution in [0.2, 0.25) is 0 Å². The molecule has 1 amide bonds. The molecule has 0 aliphatic heterocycles. The van der Waals surface area contributed by atoms with Crippen molar-refractivity contribution < 1.29 is 9.18 Å². The maximum absolute atomic E-state index is 12.8. The lowest BCUT2D eigenvalue weighted by Gasteiger charge is -2.06. The summed E-state index contributed by atoms with van der Waals surface area (Å²) in [6.45, 7) is 1.80. The molecule has 0 aliphatic rings. The number of amides is 1. The number of benzene rings is 1. The molecule has 0 fully saturated rings. The van der Waals surface area contributed by atoms with Crippen LogP contribution in [-0.2, 0) is 0 Å². The number of aromatic amines is 1. The van der Waals surface area contributed by atoms with Crippen molar-refractivity contribution >= 4 is 17.4 Å². The molecular formula is C11H11FN4O. The number of nitrogen functional groups attached to an aromatic ring is 1. The van der Waals surface area contributed by atoms with Crippen LogP contribution in [0.4, 0.5) is 15.9 Å². The molecule has 88 valence electrons. The normalized spacial score (nSPS) is 10.2. The minimum Gasteiger partial charge on any atom is -0.398 e. The Morgan fingerprint density at radius 3 is 2.88 bits per heavy atom. The largest absolute Gasteiger partial charge is 0.398 e. The predicted molar refractivity (Wildman–Crippen MR) is 62.1 cm³/mol. The molecule has 0 aliphatic carbocycles. The van der Waals surface area contributed by atoms with E-state index in [2.05, 4.69) is 15.5 Å². The molecule has 2 rings (SSSR count). The monoisotopic (exact) mass is 234 g/mol. The van der Waals surface area contributed by atoms with Gasteiger partial charge < -0.3 is 11.1 Å². The first-order valence-electron chi connectivity index (χ1n) is 4.94. The van der Waals surface area contributed by atoms with Crippen LogP contribution in [0.25, 0.3) is 0 Å². The summed E-state index contributed by atoms with van der Waals surface area (Å²) in [5.74, 6) is -0.384. The van der Waals surface area contributed by atoms with Crippen molar-refractivity contribution in [2.45, 2.75) is 6.92 Å². The highest BCUT2D eigenvalue weighted by atomic mass is 19.1. The Hall–Kier alpha value is -2.37. The van der Waals surface area contributed by atoms with Crippen molar-refractivity contribution in [3.05, 3.63) is 41.3 Å². The summed E-state index contributed by atoms with van der Waals surface area (Å²) < 4.78 is 12.8. The zero-order valence-electron chi connectivity index (χ0n) is 9.12. The maximum Gasteiger partial charge on any atom is 0.258 e. The van der Waals surface area contributed by atoms with Gasteiger partial charge >= 0.3 is 0 Å². The molecule has 6 heteroatoms. The van der Waals surface area contributed by atoms with Crippen LogP contribution in [0, 0.1) is 12.7 Å². The SMILES string of the molecule is Cc1cn[nH]c1NC(=O)c1ccc(F)cc1N. The molecule has 17 heavy (non-hydrogen) atoms. The topological polar surface area (TPSA) is 83.8 Å². The van der Waals surface area contributed by atoms with E-state index in [1.807, 2.05) is 0 Å². The van der Waals surface area contributed by atoms with E-state index in [1.54, 1.807) is 13.1 Å². The number of rotatable bonds is 2. The summed E-state index contributed by atoms with van der Waals surface area (Å²) in [5.41, 5.74) is 6.69. The molecule has 0 radical (unpaired) electrons. The lowest BCUT2D eigenvalue weighted by molar-refractivity contribution is 0.102. The molecule has 5 nitrogen and oxygen atoms in total. The van der Waals surface area contributed by atoms with E-state index in [1.165, 1.54) is 12.1 Å². The lowest BCUT2D eigenvalue weighted by Crippen LogP contribution is -2.15. The summed E-state index contributed by atoms with van der Waals surface area (Å²) in [6, 6.07) is 3.63. The van der Waals surface area contributed by atoms with E-state index in [9.17, 15) is 9.18 Å². The van der Waals surface area contributed by atoms with E-state index in [4.69, 9.17) is 5.73 Å². The van der Waals surface area contributed by atoms with Crippen LogP contribution >= 0.6 is 0 Å². The number of hydrogen-bond acceptors (Lipinski definition) is 3. The highest BCUT2D eigenvalue weighted by molar-refractivity contribution is 6.07. The van der Waals surface area contributed by atoms with E-state index >= 15 is 0 Å². The average Bonchev–Trinajstić information content (AvgIpc) is 2.64. The van der Waals surface area contributed by atoms with Crippen molar-refractivity contribution in [3.63, 3.8) is 0 Å². The van der Waals surface area contributed by atoms with Gasteiger partial charge in [-0.25, -0.2) is 4.39 Å². The Labute approximate surface area is 96.8 Å². The van der Waals surface area contributed by atoms with Gasteiger partial charge in [-0.15, -0.1) is 0 Å². The van der Waals surface area contributed by atoms with E-state index in [-0.39, 0.29) is 11.3 Å². The van der Waals surface area contributed by atoms with Gasteiger partial charge in [0.2, 0.25) is 0 Å². The van der Waals surface area contributed by atoms with Crippen molar-refractivity contribution in [1.82, 2.24) is 10.2 Å². The lowest BCUT2D eigenvalue weighted by atomic mass is 10.1. The number of nitrogens with two attached hydrogens (primary N) is 1. The van der Waals surface area contributed by atoms with Crippen LogP contribution in [0.5, 0.6) is 0 Å². The third-order valence-corrected chi connectivity index (χ3v) is 2.33. The summed E-state index contributed by atoms with van der Waals surface area (Å²) in [4.78, 5) is 11.8. The second-order valence-electron chi connectivity index (χ2n) is 3.61. The fourth-order valence-electron chi connectivity index (χ4n) is 1.39. The highest BCUT2D eigenvalue weighted by Gasteiger charge is 2.12. The van der Waals surface area contributed by atoms with Crippen LogP contribution in [0.3, 0.4) is 0 Å². The second-order valence-corrected chi connectivity index (χ2v) is 3.61. The van der Waals surface area contributed by atoms with Crippen LogP contribution in [0.1, 0.15) is 15.9 Å². The molecule has 0 bridgehead atoms. The molecule has 0 spiro atoms. The van der Waals surface area contributed by atoms with Gasteiger partial charge in [-0.05, 0) is 25.1 Å². The second kappa shape index (κ2) is 4.25. The molecule has 1 aromatic carbocycles. The highest BCUT2D eigenvalue weighted by Crippen LogP contribution is 2.16. The smallest absolute Gasteiger partial charge is 0.258 e. The minimum atomic E-state index is -0.475. The van der Waals surface area contributed by atoms with Gasteiger partial charge in [0.25, 0.3) is 5.91 Å². The van der Waals surface area contributed by atoms with Gasteiger partial charge in [-0.2, -0.15) is 5.10 Å². The number of carbonyl (C=O) groups is 1. The average molecular weight is 234 g/mol. The van der Waals surface area contributed by atoms with Gasteiger partial charge in [-0.3, -0.25) is 9.89 Å². The molecule has 0 unspecified atom stereocenters. The van der Waals surface area contributed by atoms with Crippen LogP contribution < -0.4 is 11.1 Å². The minimum absolute atomic E-state index is 0.0969. The Bertz CT molecular complexity index is 564. The number of aryl methyl sites for hydroxylation is 1. The Balaban J connectivity index is 2.23. The van der Waals surface area contributed by atoms with Gasteiger partial charge in [0.15, 0.2) is 0 Å². The molecular weight excluding hydrogens is 223 g/mol. The molecule has 1 aromatic heterocycles. The summed E-state index contributed by atoms with van der Waals surface area (Å²) >= 11 is 0. The first-order valence-corrected chi connectivity index (χ1v) is 4.94. The van der Waals surface area contributed by atoms with Gasteiger partial charge in [0.1, 0.15) is 11.6 Å². The number of H-pyrrole nitrogens is 1. The Morgan fingerprint density at radius 1 is 1.53 bits per heavy atom. The van der Waals surface area contributed by atoms with Crippen molar-refractivity contribution in [3.8, 4) is 0 Å². The molecule has 0 saturated carbocycles. The fourth-order valence-corrected chi connectivity index (χ4v) is 1.39. The predicted octanol–water partition coefficient (Wildman–Crippen LogP) is 1.69. The molecule has 2 aromatic rings. The first-order chi connectivity index (χ1) is 8.08. The Kier molecular flexibility index (Phi) is 2.78. The molecule has 4 N–H and O–H groups in total. The number of aromatic nitrogens is 2. The number of carbonyl (C=O) groups excluding carboxylic acids is 1. The summed E-state index contributed by atoms with van der Waals surface area (Å²) in [6.07, 6.45) is 1.59. The number of nitrogens with zero attached hydrogens (tertiary/aromatic N) is 1. The number of nitrogens with one attached hydrogen (secondary N) is 2. The summed E-state index contributed by atoms with van der Waals surface area (Å²) in [5, 5.41) is 9.02. The van der Waals surface area contributed by atoms with Gasteiger partial charge in [0, 0.05) is 11.3 Å². The van der Waals surface area contributed by atoms with Crippen molar-refractivity contribution in [1.29, 1.82) is 0 Å². The first kappa shape index (κ1) is 11.1. The van der Waals surface area contributed by atoms with Crippen molar-refractivity contribution in [2.24, 2.45) is 0 Å². The van der Waals surface area contributed by atoms with E-state index in [0.717, 1.165) is 11.6 Å². The van der Waals surface area contributed by atoms with Crippen LogP contribution in [0.15, 0.2) is 24.4 Å². The number of hydrogen-bond donors (Lipinski definition) is 3. The zero-order valence-corrected chi connectivity index (χ0v) is 9.12. The third kappa shape index (κ3) is 2.25. The third-order valence-electron chi connectivity index (χ3n) is 2.33. The standard InChI is InChI=1S/C11H11FN4O/c1-6-5-14-16-10(6)15-11(17)8-3-2-7(12)4-9(8)13/h2-5H,13H2,1H3,(H2,14,15,16,17). The van der Waals surface area contributed by atoms with Gasteiger partial charge in [0.05, 0.1) is 11.8 Å². The number of halogens is 1. The molecule has 1 heterocycles. The van der Waals surface area contributed by atoms with Gasteiger partial charge in [-0.1, -0.05) is 0 Å². The number of anilines is 2. The van der Waals surface area contributed by atoms with E-state index < -0.39 is 11.7 Å². The zero-order chi connectivity index (χ0) is 12.4.